The summed E-state index contributed by atoms with van der Waals surface area (Å²) < 4.78 is 2.35. The largest absolute Gasteiger partial charge is 0.324 e. The number of thiazole rings is 1. The molecule has 5 aromatic rings. The first kappa shape index (κ1) is 22.7. The van der Waals surface area contributed by atoms with Gasteiger partial charge in [-0.05, 0) is 80.4 Å². The Kier molecular flexibility index (Phi) is 6.01. The van der Waals surface area contributed by atoms with Gasteiger partial charge in [0.2, 0.25) is 5.91 Å². The highest BCUT2D eigenvalue weighted by atomic mass is 32.1. The van der Waals surface area contributed by atoms with Crippen molar-refractivity contribution in [2.24, 2.45) is 0 Å². The third-order valence-corrected chi connectivity index (χ3v) is 6.86. The molecule has 5 rings (SSSR count). The Balaban J connectivity index is 1.31. The number of hydrogen-bond donors (Lipinski definition) is 1. The Morgan fingerprint density at radius 1 is 0.914 bits per heavy atom. The molecule has 0 aliphatic carbocycles. The molecule has 0 aliphatic heterocycles. The Bertz CT molecular complexity index is 1620. The topological polar surface area (TPSA) is 76.9 Å². The lowest BCUT2D eigenvalue weighted by Gasteiger charge is -2.10. The summed E-state index contributed by atoms with van der Waals surface area (Å²) in [6.45, 7) is 5.91. The molecule has 0 saturated carbocycles. The average Bonchev–Trinajstić information content (AvgIpc) is 3.26. The summed E-state index contributed by atoms with van der Waals surface area (Å²) in [5.41, 5.74) is 7.26. The summed E-state index contributed by atoms with van der Waals surface area (Å²) in [4.78, 5) is 29.7. The van der Waals surface area contributed by atoms with Crippen molar-refractivity contribution in [3.63, 3.8) is 0 Å². The van der Waals surface area contributed by atoms with E-state index in [1.165, 1.54) is 16.3 Å². The fourth-order valence-corrected chi connectivity index (χ4v) is 4.97. The zero-order valence-corrected chi connectivity index (χ0v) is 20.5. The molecule has 0 spiro atoms. The third-order valence-electron chi connectivity index (χ3n) is 5.79. The standard InChI is InChI=1S/C28H24N4O2S/c1-17-4-6-19(3)22(14-17)23-12-13-27(34)32(31-23)16-26(33)29-21-9-7-20(8-10-21)28-30-24-11-5-18(2)15-25(24)35-28/h4-15H,16H2,1-3H3,(H,29,33). The molecule has 1 N–H and O–H groups in total. The van der Waals surface area contributed by atoms with Gasteiger partial charge in [0.05, 0.1) is 15.9 Å². The van der Waals surface area contributed by atoms with Crippen LogP contribution in [0.2, 0.25) is 0 Å². The molecule has 0 fully saturated rings. The molecule has 35 heavy (non-hydrogen) atoms. The van der Waals surface area contributed by atoms with Crippen LogP contribution in [-0.2, 0) is 11.3 Å². The molecule has 1 amide bonds. The van der Waals surface area contributed by atoms with Crippen LogP contribution in [0.15, 0.2) is 77.6 Å². The number of aromatic nitrogens is 3. The van der Waals surface area contributed by atoms with Crippen LogP contribution in [0.25, 0.3) is 32.0 Å². The zero-order chi connectivity index (χ0) is 24.5. The molecule has 0 saturated heterocycles. The van der Waals surface area contributed by atoms with Gasteiger partial charge in [-0.15, -0.1) is 11.3 Å². The summed E-state index contributed by atoms with van der Waals surface area (Å²) >= 11 is 1.64. The number of carbonyl (C=O) groups is 1. The highest BCUT2D eigenvalue weighted by molar-refractivity contribution is 7.21. The lowest BCUT2D eigenvalue weighted by Crippen LogP contribution is -2.29. The maximum absolute atomic E-state index is 12.7. The van der Waals surface area contributed by atoms with Crippen LogP contribution in [0.5, 0.6) is 0 Å². The SMILES string of the molecule is Cc1ccc(C)c(-c2ccc(=O)n(CC(=O)Nc3ccc(-c4nc5ccc(C)cc5s4)cc3)n2)c1. The van der Waals surface area contributed by atoms with E-state index in [9.17, 15) is 9.59 Å². The van der Waals surface area contributed by atoms with E-state index in [0.717, 1.165) is 37.5 Å². The van der Waals surface area contributed by atoms with Crippen LogP contribution in [0.1, 0.15) is 16.7 Å². The number of rotatable bonds is 5. The van der Waals surface area contributed by atoms with Gasteiger partial charge < -0.3 is 5.32 Å². The third kappa shape index (κ3) is 4.90. The predicted octanol–water partition coefficient (Wildman–Crippen LogP) is 5.75. The van der Waals surface area contributed by atoms with E-state index in [-0.39, 0.29) is 18.0 Å². The lowest BCUT2D eigenvalue weighted by molar-refractivity contribution is -0.117. The van der Waals surface area contributed by atoms with Gasteiger partial charge in [-0.3, -0.25) is 9.59 Å². The molecule has 0 atom stereocenters. The van der Waals surface area contributed by atoms with Crippen molar-refractivity contribution in [1.82, 2.24) is 14.8 Å². The maximum Gasteiger partial charge on any atom is 0.267 e. The molecule has 0 bridgehead atoms. The number of anilines is 1. The van der Waals surface area contributed by atoms with Crippen LogP contribution >= 0.6 is 11.3 Å². The second kappa shape index (κ2) is 9.27. The predicted molar refractivity (Wildman–Crippen MR) is 142 cm³/mol. The van der Waals surface area contributed by atoms with Gasteiger partial charge in [0.25, 0.3) is 5.56 Å². The van der Waals surface area contributed by atoms with Crippen molar-refractivity contribution in [3.8, 4) is 21.8 Å². The molecule has 0 unspecified atom stereocenters. The van der Waals surface area contributed by atoms with E-state index in [2.05, 4.69) is 29.5 Å². The van der Waals surface area contributed by atoms with Crippen LogP contribution in [-0.4, -0.2) is 20.7 Å². The number of carbonyl (C=O) groups excluding carboxylic acids is 1. The van der Waals surface area contributed by atoms with Crippen LogP contribution in [0.3, 0.4) is 0 Å². The van der Waals surface area contributed by atoms with Crippen LogP contribution in [0.4, 0.5) is 5.69 Å². The van der Waals surface area contributed by atoms with Crippen molar-refractivity contribution >= 4 is 33.1 Å². The van der Waals surface area contributed by atoms with Crippen molar-refractivity contribution in [3.05, 3.63) is 99.8 Å². The smallest absolute Gasteiger partial charge is 0.267 e. The second-order valence-corrected chi connectivity index (χ2v) is 9.68. The van der Waals surface area contributed by atoms with E-state index in [0.29, 0.717) is 11.4 Å². The Morgan fingerprint density at radius 3 is 2.46 bits per heavy atom. The van der Waals surface area contributed by atoms with Crippen molar-refractivity contribution in [2.75, 3.05) is 5.32 Å². The number of hydrogen-bond acceptors (Lipinski definition) is 5. The number of fused-ring (bicyclic) bond motifs is 1. The van der Waals surface area contributed by atoms with Crippen LogP contribution in [0, 0.1) is 20.8 Å². The van der Waals surface area contributed by atoms with Gasteiger partial charge >= 0.3 is 0 Å². The van der Waals surface area contributed by atoms with Crippen molar-refractivity contribution < 1.29 is 4.79 Å². The summed E-state index contributed by atoms with van der Waals surface area (Å²) in [6, 6.07) is 23.0. The minimum absolute atomic E-state index is 0.170. The zero-order valence-electron chi connectivity index (χ0n) is 19.7. The molecule has 2 aromatic heterocycles. The van der Waals surface area contributed by atoms with E-state index in [4.69, 9.17) is 4.98 Å². The quantitative estimate of drug-likeness (QED) is 0.347. The first-order chi connectivity index (χ1) is 16.9. The Hall–Kier alpha value is -4.10. The minimum atomic E-state index is -0.323. The first-order valence-corrected chi connectivity index (χ1v) is 12.1. The summed E-state index contributed by atoms with van der Waals surface area (Å²) in [6.07, 6.45) is 0. The molecule has 174 valence electrons. The summed E-state index contributed by atoms with van der Waals surface area (Å²) in [7, 11) is 0. The number of nitrogens with one attached hydrogen (secondary N) is 1. The normalized spacial score (nSPS) is 11.1. The molecule has 2 heterocycles. The number of nitrogens with zero attached hydrogens (tertiary/aromatic N) is 3. The van der Waals surface area contributed by atoms with Crippen molar-refractivity contribution in [1.29, 1.82) is 0 Å². The van der Waals surface area contributed by atoms with E-state index in [1.807, 2.05) is 62.4 Å². The van der Waals surface area contributed by atoms with Crippen molar-refractivity contribution in [2.45, 2.75) is 27.3 Å². The van der Waals surface area contributed by atoms with Crippen LogP contribution < -0.4 is 10.9 Å². The van der Waals surface area contributed by atoms with Gasteiger partial charge in [0, 0.05) is 22.9 Å². The van der Waals surface area contributed by atoms with E-state index >= 15 is 0 Å². The van der Waals surface area contributed by atoms with E-state index < -0.39 is 0 Å². The highest BCUT2D eigenvalue weighted by Gasteiger charge is 2.11. The fourth-order valence-electron chi connectivity index (χ4n) is 3.91. The Morgan fingerprint density at radius 2 is 1.66 bits per heavy atom. The fraction of sp³-hybridized carbons (Fsp3) is 0.143. The lowest BCUT2D eigenvalue weighted by atomic mass is 10.0. The van der Waals surface area contributed by atoms with Gasteiger partial charge in [0.1, 0.15) is 11.6 Å². The van der Waals surface area contributed by atoms with Gasteiger partial charge in [-0.2, -0.15) is 5.10 Å². The van der Waals surface area contributed by atoms with Gasteiger partial charge in [-0.25, -0.2) is 9.67 Å². The average molecular weight is 481 g/mol. The minimum Gasteiger partial charge on any atom is -0.324 e. The first-order valence-electron chi connectivity index (χ1n) is 11.3. The summed E-state index contributed by atoms with van der Waals surface area (Å²) in [5, 5.41) is 8.23. The monoisotopic (exact) mass is 480 g/mol. The van der Waals surface area contributed by atoms with Gasteiger partial charge in [0.15, 0.2) is 0 Å². The highest BCUT2D eigenvalue weighted by Crippen LogP contribution is 2.31. The maximum atomic E-state index is 12.7. The summed E-state index contributed by atoms with van der Waals surface area (Å²) in [5.74, 6) is -0.319. The van der Waals surface area contributed by atoms with E-state index in [1.54, 1.807) is 17.4 Å². The van der Waals surface area contributed by atoms with Gasteiger partial charge in [-0.1, -0.05) is 23.8 Å². The Labute approximate surface area is 206 Å². The molecule has 7 heteroatoms. The number of aryl methyl sites for hydroxylation is 3. The molecule has 3 aromatic carbocycles. The molecular weight excluding hydrogens is 456 g/mol. The molecule has 0 aliphatic rings. The molecular formula is C28H24N4O2S. The number of benzene rings is 3. The molecule has 0 radical (unpaired) electrons. The molecule has 6 nitrogen and oxygen atoms in total. The number of amides is 1. The second-order valence-electron chi connectivity index (χ2n) is 8.65.